The lowest BCUT2D eigenvalue weighted by atomic mass is 10.1. The van der Waals surface area contributed by atoms with E-state index in [1.807, 2.05) is 31.2 Å². The first-order valence-corrected chi connectivity index (χ1v) is 7.83. The molecule has 0 spiro atoms. The first-order chi connectivity index (χ1) is 10.7. The average Bonchev–Trinajstić information content (AvgIpc) is 3.02. The van der Waals surface area contributed by atoms with Crippen molar-refractivity contribution in [2.45, 2.75) is 32.4 Å². The second-order valence-corrected chi connectivity index (χ2v) is 5.34. The number of carbonyl (C=O) groups excluding carboxylic acids is 1. The second kappa shape index (κ2) is 8.40. The molecule has 0 aliphatic carbocycles. The van der Waals surface area contributed by atoms with Gasteiger partial charge < -0.3 is 10.1 Å². The summed E-state index contributed by atoms with van der Waals surface area (Å²) in [6, 6.07) is 8.02. The van der Waals surface area contributed by atoms with E-state index in [1.54, 1.807) is 4.90 Å². The third-order valence-electron chi connectivity index (χ3n) is 3.79. The molecule has 1 aromatic carbocycles. The summed E-state index contributed by atoms with van der Waals surface area (Å²) < 4.78 is 5.41. The SMILES string of the molecule is [C-]#[N+][C@@H]1CCCN1C(=O)CNCCc1ccc(OCC)cc1. The van der Waals surface area contributed by atoms with Crippen molar-refractivity contribution in [1.82, 2.24) is 10.2 Å². The highest BCUT2D eigenvalue weighted by Gasteiger charge is 2.32. The fourth-order valence-corrected chi connectivity index (χ4v) is 2.62. The van der Waals surface area contributed by atoms with Gasteiger partial charge in [0.25, 0.3) is 0 Å². The van der Waals surface area contributed by atoms with E-state index in [9.17, 15) is 4.79 Å². The summed E-state index contributed by atoms with van der Waals surface area (Å²) in [7, 11) is 0. The summed E-state index contributed by atoms with van der Waals surface area (Å²) in [6.45, 7) is 11.5. The van der Waals surface area contributed by atoms with Crippen LogP contribution in [-0.4, -0.2) is 43.2 Å². The second-order valence-electron chi connectivity index (χ2n) is 5.34. The molecule has 1 aliphatic rings. The molecule has 118 valence electrons. The van der Waals surface area contributed by atoms with Gasteiger partial charge in [-0.05, 0) is 44.0 Å². The fraction of sp³-hybridized carbons (Fsp3) is 0.529. The Labute approximate surface area is 132 Å². The van der Waals surface area contributed by atoms with Crippen molar-refractivity contribution in [2.24, 2.45) is 0 Å². The lowest BCUT2D eigenvalue weighted by molar-refractivity contribution is -0.130. The number of ether oxygens (including phenoxy) is 1. The van der Waals surface area contributed by atoms with Gasteiger partial charge in [0.05, 0.1) is 13.2 Å². The van der Waals surface area contributed by atoms with Crippen molar-refractivity contribution in [3.05, 3.63) is 41.2 Å². The van der Waals surface area contributed by atoms with E-state index in [0.29, 0.717) is 19.7 Å². The summed E-state index contributed by atoms with van der Waals surface area (Å²) in [4.78, 5) is 17.2. The predicted octanol–water partition coefficient (Wildman–Crippen LogP) is 2.09. The zero-order valence-corrected chi connectivity index (χ0v) is 13.0. The third-order valence-corrected chi connectivity index (χ3v) is 3.79. The van der Waals surface area contributed by atoms with E-state index in [1.165, 1.54) is 5.56 Å². The molecule has 0 saturated carbocycles. The van der Waals surface area contributed by atoms with Crippen LogP contribution < -0.4 is 10.1 Å². The Hall–Kier alpha value is -2.06. The number of likely N-dealkylation sites (tertiary alicyclic amines) is 1. The van der Waals surface area contributed by atoms with Crippen LogP contribution in [-0.2, 0) is 11.2 Å². The Kier molecular flexibility index (Phi) is 6.23. The number of benzene rings is 1. The molecule has 0 aromatic heterocycles. The van der Waals surface area contributed by atoms with Crippen LogP contribution in [0.4, 0.5) is 0 Å². The number of hydrogen-bond donors (Lipinski definition) is 1. The molecule has 1 amide bonds. The summed E-state index contributed by atoms with van der Waals surface area (Å²) in [5.41, 5.74) is 1.21. The average molecular weight is 301 g/mol. The first kappa shape index (κ1) is 16.3. The van der Waals surface area contributed by atoms with Gasteiger partial charge in [-0.25, -0.2) is 6.57 Å². The van der Waals surface area contributed by atoms with E-state index in [-0.39, 0.29) is 12.1 Å². The Bertz CT molecular complexity index is 522. The van der Waals surface area contributed by atoms with E-state index in [2.05, 4.69) is 10.2 Å². The highest BCUT2D eigenvalue weighted by Crippen LogP contribution is 2.17. The van der Waals surface area contributed by atoms with Crippen molar-refractivity contribution in [3.63, 3.8) is 0 Å². The van der Waals surface area contributed by atoms with E-state index < -0.39 is 0 Å². The molecule has 1 saturated heterocycles. The highest BCUT2D eigenvalue weighted by molar-refractivity contribution is 5.79. The summed E-state index contributed by atoms with van der Waals surface area (Å²) in [5.74, 6) is 0.916. The van der Waals surface area contributed by atoms with Crippen molar-refractivity contribution in [2.75, 3.05) is 26.2 Å². The molecule has 1 fully saturated rings. The van der Waals surface area contributed by atoms with E-state index in [0.717, 1.165) is 31.6 Å². The van der Waals surface area contributed by atoms with Gasteiger partial charge in [-0.15, -0.1) is 0 Å². The molecule has 0 unspecified atom stereocenters. The monoisotopic (exact) mass is 301 g/mol. The van der Waals surface area contributed by atoms with Crippen LogP contribution in [0.1, 0.15) is 25.3 Å². The number of amides is 1. The molecule has 1 atom stereocenters. The minimum Gasteiger partial charge on any atom is -0.494 e. The fourth-order valence-electron chi connectivity index (χ4n) is 2.62. The Morgan fingerprint density at radius 1 is 1.45 bits per heavy atom. The van der Waals surface area contributed by atoms with Gasteiger partial charge >= 0.3 is 6.17 Å². The van der Waals surface area contributed by atoms with Gasteiger partial charge in [0.2, 0.25) is 5.91 Å². The number of rotatable bonds is 7. The smallest absolute Gasteiger partial charge is 0.300 e. The Morgan fingerprint density at radius 3 is 2.91 bits per heavy atom. The molecule has 1 aromatic rings. The maximum absolute atomic E-state index is 12.0. The molecule has 0 bridgehead atoms. The third kappa shape index (κ3) is 4.47. The van der Waals surface area contributed by atoms with Crippen molar-refractivity contribution in [3.8, 4) is 5.75 Å². The van der Waals surface area contributed by atoms with Gasteiger partial charge in [-0.3, -0.25) is 14.5 Å². The molecule has 5 heteroatoms. The van der Waals surface area contributed by atoms with Gasteiger partial charge in [0.15, 0.2) is 0 Å². The molecule has 1 aliphatic heterocycles. The van der Waals surface area contributed by atoms with Gasteiger partial charge in [-0.1, -0.05) is 12.1 Å². The largest absolute Gasteiger partial charge is 0.494 e. The Morgan fingerprint density at radius 2 is 2.23 bits per heavy atom. The molecule has 2 rings (SSSR count). The summed E-state index contributed by atoms with van der Waals surface area (Å²) in [5, 5.41) is 3.17. The zero-order valence-electron chi connectivity index (χ0n) is 13.0. The van der Waals surface area contributed by atoms with E-state index >= 15 is 0 Å². The van der Waals surface area contributed by atoms with Crippen LogP contribution >= 0.6 is 0 Å². The highest BCUT2D eigenvalue weighted by atomic mass is 16.5. The van der Waals surface area contributed by atoms with E-state index in [4.69, 9.17) is 11.3 Å². The lowest BCUT2D eigenvalue weighted by Gasteiger charge is -2.16. The van der Waals surface area contributed by atoms with Crippen molar-refractivity contribution < 1.29 is 9.53 Å². The van der Waals surface area contributed by atoms with Gasteiger partial charge in [0, 0.05) is 13.0 Å². The quantitative estimate of drug-likeness (QED) is 0.619. The predicted molar refractivity (Wildman–Crippen MR) is 85.5 cm³/mol. The summed E-state index contributed by atoms with van der Waals surface area (Å²) in [6.07, 6.45) is 2.36. The lowest BCUT2D eigenvalue weighted by Crippen LogP contribution is -2.40. The zero-order chi connectivity index (χ0) is 15.8. The van der Waals surface area contributed by atoms with Crippen LogP contribution in [0.25, 0.3) is 4.85 Å². The maximum atomic E-state index is 12.0. The topological polar surface area (TPSA) is 45.9 Å². The normalized spacial score (nSPS) is 17.3. The first-order valence-electron chi connectivity index (χ1n) is 7.83. The molecular weight excluding hydrogens is 278 g/mol. The van der Waals surface area contributed by atoms with Gasteiger partial charge in [0.1, 0.15) is 5.75 Å². The molecule has 0 radical (unpaired) electrons. The molecular formula is C17H23N3O2. The van der Waals surface area contributed by atoms with Crippen molar-refractivity contribution >= 4 is 5.91 Å². The molecule has 1 N–H and O–H groups in total. The van der Waals surface area contributed by atoms with Crippen LogP contribution in [0.2, 0.25) is 0 Å². The van der Waals surface area contributed by atoms with Crippen LogP contribution in [0.15, 0.2) is 24.3 Å². The minimum atomic E-state index is -0.250. The number of hydrogen-bond acceptors (Lipinski definition) is 3. The Balaban J connectivity index is 1.68. The van der Waals surface area contributed by atoms with Crippen LogP contribution in [0.5, 0.6) is 5.75 Å². The number of carbonyl (C=O) groups is 1. The maximum Gasteiger partial charge on any atom is 0.300 e. The van der Waals surface area contributed by atoms with Crippen LogP contribution in [0, 0.1) is 6.57 Å². The minimum absolute atomic E-state index is 0.0326. The molecule has 1 heterocycles. The van der Waals surface area contributed by atoms with Gasteiger partial charge in [-0.2, -0.15) is 0 Å². The standard InChI is InChI=1S/C17H23N3O2/c1-3-22-15-8-6-14(7-9-15)10-11-19-13-17(21)20-12-4-5-16(20)18-2/h6-9,16,19H,3-5,10-13H2,1H3/t16-/m0/s1. The number of nitrogens with zero attached hydrogens (tertiary/aromatic N) is 2. The molecule has 5 nitrogen and oxygen atoms in total. The van der Waals surface area contributed by atoms with Crippen LogP contribution in [0.3, 0.4) is 0 Å². The molecule has 22 heavy (non-hydrogen) atoms. The summed E-state index contributed by atoms with van der Waals surface area (Å²) >= 11 is 0. The van der Waals surface area contributed by atoms with Crippen molar-refractivity contribution in [1.29, 1.82) is 0 Å². The number of nitrogens with one attached hydrogen (secondary N) is 1.